The highest BCUT2D eigenvalue weighted by Gasteiger charge is 2.32. The zero-order valence-electron chi connectivity index (χ0n) is 12.5. The second-order valence-electron chi connectivity index (χ2n) is 5.95. The highest BCUT2D eigenvalue weighted by molar-refractivity contribution is 6.35. The Hall–Kier alpha value is -0.320. The Balaban J connectivity index is 2.94. The smallest absolute Gasteiger partial charge is 0.0792 e. The van der Waals surface area contributed by atoms with Crippen LogP contribution in [-0.4, -0.2) is 18.8 Å². The maximum Gasteiger partial charge on any atom is 0.0792 e. The predicted molar refractivity (Wildman–Crippen MR) is 86.1 cm³/mol. The molecule has 0 fully saturated rings. The monoisotopic (exact) mass is 318 g/mol. The summed E-state index contributed by atoms with van der Waals surface area (Å²) >= 11 is 12.2. The Bertz CT molecular complexity index is 432. The van der Waals surface area contributed by atoms with E-state index in [-0.39, 0.29) is 17.6 Å². The van der Waals surface area contributed by atoms with E-state index < -0.39 is 0 Å². The molecule has 0 spiro atoms. The van der Waals surface area contributed by atoms with Crippen LogP contribution in [0, 0.1) is 5.41 Å². The fraction of sp³-hybridized carbons (Fsp3) is 0.600. The van der Waals surface area contributed by atoms with Crippen molar-refractivity contribution in [2.75, 3.05) is 6.61 Å². The molecule has 1 aromatic carbocycles. The molecule has 0 aliphatic rings. The summed E-state index contributed by atoms with van der Waals surface area (Å²) in [6.07, 6.45) is 0.679. The molecule has 0 amide bonds. The molecule has 3 N–H and O–H groups in total. The number of halogens is 2. The van der Waals surface area contributed by atoms with Gasteiger partial charge in [-0.15, -0.1) is 0 Å². The van der Waals surface area contributed by atoms with Crippen LogP contribution in [-0.2, 0) is 11.2 Å². The van der Waals surface area contributed by atoms with Crippen molar-refractivity contribution in [3.05, 3.63) is 33.8 Å². The third-order valence-electron chi connectivity index (χ3n) is 3.23. The largest absolute Gasteiger partial charge is 0.376 e. The topological polar surface area (TPSA) is 47.3 Å². The van der Waals surface area contributed by atoms with Crippen molar-refractivity contribution in [1.82, 2.24) is 5.43 Å². The van der Waals surface area contributed by atoms with Crippen molar-refractivity contribution < 1.29 is 4.74 Å². The van der Waals surface area contributed by atoms with Crippen LogP contribution in [0.25, 0.3) is 0 Å². The molecule has 2 unspecified atom stereocenters. The molecule has 0 aromatic heterocycles. The molecule has 0 aliphatic heterocycles. The Morgan fingerprint density at radius 1 is 1.30 bits per heavy atom. The summed E-state index contributed by atoms with van der Waals surface area (Å²) in [4.78, 5) is 0. The molecule has 20 heavy (non-hydrogen) atoms. The molecule has 114 valence electrons. The lowest BCUT2D eigenvalue weighted by Gasteiger charge is -2.36. The maximum atomic E-state index is 6.23. The highest BCUT2D eigenvalue weighted by Crippen LogP contribution is 2.28. The fourth-order valence-corrected chi connectivity index (χ4v) is 2.81. The van der Waals surface area contributed by atoms with Crippen molar-refractivity contribution in [3.8, 4) is 0 Å². The molecular weight excluding hydrogens is 295 g/mol. The van der Waals surface area contributed by atoms with Crippen LogP contribution in [0.3, 0.4) is 0 Å². The zero-order valence-corrected chi connectivity index (χ0v) is 14.1. The van der Waals surface area contributed by atoms with Gasteiger partial charge in [0.25, 0.3) is 0 Å². The van der Waals surface area contributed by atoms with Gasteiger partial charge in [-0.05, 0) is 36.5 Å². The first-order chi connectivity index (χ1) is 9.29. The van der Waals surface area contributed by atoms with E-state index in [9.17, 15) is 0 Å². The van der Waals surface area contributed by atoms with Gasteiger partial charge in [0.15, 0.2) is 0 Å². The van der Waals surface area contributed by atoms with Crippen LogP contribution in [0.2, 0.25) is 10.0 Å². The molecule has 0 saturated heterocycles. The second kappa shape index (κ2) is 7.62. The second-order valence-corrected chi connectivity index (χ2v) is 6.80. The summed E-state index contributed by atoms with van der Waals surface area (Å²) in [6.45, 7) is 9.06. The molecule has 0 heterocycles. The lowest BCUT2D eigenvalue weighted by molar-refractivity contribution is -0.0356. The van der Waals surface area contributed by atoms with E-state index in [1.807, 2.05) is 19.1 Å². The molecule has 1 rings (SSSR count). The number of rotatable bonds is 6. The van der Waals surface area contributed by atoms with E-state index >= 15 is 0 Å². The zero-order chi connectivity index (χ0) is 15.3. The summed E-state index contributed by atoms with van der Waals surface area (Å²) in [6, 6.07) is 5.50. The number of hydrazine groups is 1. The predicted octanol–water partition coefficient (Wildman–Crippen LogP) is 3.82. The van der Waals surface area contributed by atoms with Crippen LogP contribution in [0.1, 0.15) is 33.3 Å². The lowest BCUT2D eigenvalue weighted by atomic mass is 9.82. The minimum Gasteiger partial charge on any atom is -0.376 e. The summed E-state index contributed by atoms with van der Waals surface area (Å²) in [7, 11) is 0. The third-order valence-corrected chi connectivity index (χ3v) is 3.82. The number of hydrogen-bond acceptors (Lipinski definition) is 3. The van der Waals surface area contributed by atoms with E-state index in [0.29, 0.717) is 23.1 Å². The molecule has 0 bridgehead atoms. The van der Waals surface area contributed by atoms with Crippen LogP contribution in [0.5, 0.6) is 0 Å². The molecule has 0 radical (unpaired) electrons. The van der Waals surface area contributed by atoms with Crippen molar-refractivity contribution in [2.24, 2.45) is 11.3 Å². The summed E-state index contributed by atoms with van der Waals surface area (Å²) in [5.74, 6) is 5.73. The first-order valence-electron chi connectivity index (χ1n) is 6.81. The van der Waals surface area contributed by atoms with E-state index in [2.05, 4.69) is 26.2 Å². The third kappa shape index (κ3) is 4.90. The number of benzene rings is 1. The molecular formula is C15H24Cl2N2O. The highest BCUT2D eigenvalue weighted by atomic mass is 35.5. The minimum atomic E-state index is -0.0219. The Morgan fingerprint density at radius 3 is 2.40 bits per heavy atom. The van der Waals surface area contributed by atoms with Crippen molar-refractivity contribution >= 4 is 23.2 Å². The molecule has 0 aliphatic carbocycles. The first kappa shape index (κ1) is 17.7. The van der Waals surface area contributed by atoms with Crippen molar-refractivity contribution in [3.63, 3.8) is 0 Å². The van der Waals surface area contributed by atoms with E-state index in [4.69, 9.17) is 33.8 Å². The van der Waals surface area contributed by atoms with Crippen LogP contribution >= 0.6 is 23.2 Å². The van der Waals surface area contributed by atoms with Gasteiger partial charge in [0.2, 0.25) is 0 Å². The minimum absolute atomic E-state index is 0.00996. The van der Waals surface area contributed by atoms with Crippen molar-refractivity contribution in [2.45, 2.75) is 46.3 Å². The standard InChI is InChI=1S/C15H24Cl2N2O/c1-5-20-14(15(2,3)4)13(19-18)8-10-6-7-11(16)9-12(10)17/h6-7,9,13-14,19H,5,8,18H2,1-4H3. The van der Waals surface area contributed by atoms with Gasteiger partial charge in [0.05, 0.1) is 12.1 Å². The molecule has 0 saturated carbocycles. The fourth-order valence-electron chi connectivity index (χ4n) is 2.33. The molecule has 5 heteroatoms. The van der Waals surface area contributed by atoms with E-state index in [1.165, 1.54) is 0 Å². The molecule has 3 nitrogen and oxygen atoms in total. The first-order valence-corrected chi connectivity index (χ1v) is 7.56. The quantitative estimate of drug-likeness (QED) is 0.619. The van der Waals surface area contributed by atoms with Gasteiger partial charge in [-0.1, -0.05) is 50.0 Å². The number of nitrogens with one attached hydrogen (secondary N) is 1. The van der Waals surface area contributed by atoms with Gasteiger partial charge in [-0.25, -0.2) is 0 Å². The normalized spacial score (nSPS) is 15.2. The molecule has 2 atom stereocenters. The average Bonchev–Trinajstić information content (AvgIpc) is 2.34. The maximum absolute atomic E-state index is 6.23. The average molecular weight is 319 g/mol. The van der Waals surface area contributed by atoms with Gasteiger partial charge in [0.1, 0.15) is 0 Å². The lowest BCUT2D eigenvalue weighted by Crippen LogP contribution is -2.52. The number of hydrogen-bond donors (Lipinski definition) is 2. The van der Waals surface area contributed by atoms with Gasteiger partial charge < -0.3 is 4.74 Å². The number of ether oxygens (including phenoxy) is 1. The summed E-state index contributed by atoms with van der Waals surface area (Å²) in [5, 5.41) is 1.29. The summed E-state index contributed by atoms with van der Waals surface area (Å²) < 4.78 is 5.88. The Morgan fingerprint density at radius 2 is 1.95 bits per heavy atom. The molecule has 1 aromatic rings. The van der Waals surface area contributed by atoms with Gasteiger partial charge in [-0.2, -0.15) is 0 Å². The van der Waals surface area contributed by atoms with Crippen molar-refractivity contribution in [1.29, 1.82) is 0 Å². The summed E-state index contributed by atoms with van der Waals surface area (Å²) in [5.41, 5.74) is 3.85. The van der Waals surface area contributed by atoms with Crippen LogP contribution in [0.4, 0.5) is 0 Å². The number of nitrogens with two attached hydrogens (primary N) is 1. The SMILES string of the molecule is CCOC(C(Cc1ccc(Cl)cc1Cl)NN)C(C)(C)C. The van der Waals surface area contributed by atoms with Gasteiger partial charge >= 0.3 is 0 Å². The Labute approximate surface area is 131 Å². The van der Waals surface area contributed by atoms with Crippen LogP contribution < -0.4 is 11.3 Å². The van der Waals surface area contributed by atoms with E-state index in [0.717, 1.165) is 5.56 Å². The van der Waals surface area contributed by atoms with Gasteiger partial charge in [-0.3, -0.25) is 11.3 Å². The van der Waals surface area contributed by atoms with Gasteiger partial charge in [0, 0.05) is 16.7 Å². The Kier molecular flexibility index (Phi) is 6.76. The van der Waals surface area contributed by atoms with E-state index in [1.54, 1.807) is 6.07 Å². The van der Waals surface area contributed by atoms with Crippen LogP contribution in [0.15, 0.2) is 18.2 Å².